The Balaban J connectivity index is 2.29. The van der Waals surface area contributed by atoms with Crippen LogP contribution in [0.2, 0.25) is 0 Å². The molecule has 0 radical (unpaired) electrons. The van der Waals surface area contributed by atoms with Gasteiger partial charge in [-0.25, -0.2) is 0 Å². The van der Waals surface area contributed by atoms with Gasteiger partial charge in [-0.2, -0.15) is 0 Å². The number of unbranched alkanes of at least 4 members (excludes halogenated alkanes) is 1. The van der Waals surface area contributed by atoms with E-state index in [1.54, 1.807) is 4.90 Å². The lowest BCUT2D eigenvalue weighted by Gasteiger charge is -2.32. The minimum Gasteiger partial charge on any atom is -0.481 e. The topological polar surface area (TPSA) is 93.1 Å². The van der Waals surface area contributed by atoms with Crippen LogP contribution in [0, 0.1) is 0 Å². The minimum absolute atomic E-state index is 0.0199. The third-order valence-corrected chi connectivity index (χ3v) is 3.14. The number of morpholine rings is 1. The van der Waals surface area contributed by atoms with Crippen LogP contribution in [0.5, 0.6) is 0 Å². The summed E-state index contributed by atoms with van der Waals surface area (Å²) in [6.45, 7) is 1.30. The molecular formula is C13H21NO6. The molecule has 0 saturated carbocycles. The van der Waals surface area contributed by atoms with Gasteiger partial charge >= 0.3 is 11.9 Å². The van der Waals surface area contributed by atoms with Crippen molar-refractivity contribution in [2.24, 2.45) is 0 Å². The summed E-state index contributed by atoms with van der Waals surface area (Å²) < 4.78 is 9.99. The molecule has 0 aromatic carbocycles. The summed E-state index contributed by atoms with van der Waals surface area (Å²) in [6.07, 6.45) is 1.29. The minimum atomic E-state index is -0.845. The second-order valence-electron chi connectivity index (χ2n) is 4.71. The van der Waals surface area contributed by atoms with Crippen molar-refractivity contribution in [3.63, 3.8) is 0 Å². The van der Waals surface area contributed by atoms with Crippen LogP contribution >= 0.6 is 0 Å². The van der Waals surface area contributed by atoms with Crippen molar-refractivity contribution in [1.82, 2.24) is 4.90 Å². The zero-order valence-electron chi connectivity index (χ0n) is 11.7. The van der Waals surface area contributed by atoms with Gasteiger partial charge < -0.3 is 19.5 Å². The van der Waals surface area contributed by atoms with Crippen LogP contribution in [0.4, 0.5) is 0 Å². The molecule has 1 heterocycles. The first kappa shape index (κ1) is 16.4. The number of carboxylic acids is 1. The van der Waals surface area contributed by atoms with Crippen LogP contribution in [0.1, 0.15) is 32.1 Å². The number of carbonyl (C=O) groups is 3. The van der Waals surface area contributed by atoms with Crippen molar-refractivity contribution in [3.05, 3.63) is 0 Å². The van der Waals surface area contributed by atoms with Crippen molar-refractivity contribution in [3.8, 4) is 0 Å². The van der Waals surface area contributed by atoms with Gasteiger partial charge in [0.25, 0.3) is 0 Å². The first-order chi connectivity index (χ1) is 9.52. The number of nitrogens with zero attached hydrogens (tertiary/aromatic N) is 1. The maximum absolute atomic E-state index is 12.0. The number of amides is 1. The third kappa shape index (κ3) is 6.01. The van der Waals surface area contributed by atoms with E-state index in [-0.39, 0.29) is 30.8 Å². The van der Waals surface area contributed by atoms with Crippen LogP contribution in [-0.4, -0.2) is 60.8 Å². The van der Waals surface area contributed by atoms with Crippen molar-refractivity contribution in [2.45, 2.75) is 38.2 Å². The van der Waals surface area contributed by atoms with Gasteiger partial charge in [0.15, 0.2) is 0 Å². The second kappa shape index (κ2) is 8.52. The van der Waals surface area contributed by atoms with Gasteiger partial charge in [-0.3, -0.25) is 14.4 Å². The monoisotopic (exact) mass is 287 g/mol. The van der Waals surface area contributed by atoms with Gasteiger partial charge in [0.1, 0.15) is 0 Å². The molecule has 1 unspecified atom stereocenters. The highest BCUT2D eigenvalue weighted by Crippen LogP contribution is 2.12. The predicted octanol–water partition coefficient (Wildman–Crippen LogP) is 0.422. The van der Waals surface area contributed by atoms with E-state index in [0.29, 0.717) is 39.0 Å². The zero-order valence-corrected chi connectivity index (χ0v) is 11.7. The van der Waals surface area contributed by atoms with E-state index >= 15 is 0 Å². The number of carbonyl (C=O) groups excluding carboxylic acids is 2. The summed E-state index contributed by atoms with van der Waals surface area (Å²) in [7, 11) is 1.32. The normalized spacial score (nSPS) is 18.6. The summed E-state index contributed by atoms with van der Waals surface area (Å²) >= 11 is 0. The smallest absolute Gasteiger partial charge is 0.308 e. The van der Waals surface area contributed by atoms with Gasteiger partial charge in [0, 0.05) is 25.9 Å². The second-order valence-corrected chi connectivity index (χ2v) is 4.71. The zero-order chi connectivity index (χ0) is 15.0. The van der Waals surface area contributed by atoms with Crippen LogP contribution in [0.3, 0.4) is 0 Å². The number of aliphatic carboxylic acids is 1. The summed E-state index contributed by atoms with van der Waals surface area (Å²) in [5.41, 5.74) is 0. The number of hydrogen-bond acceptors (Lipinski definition) is 5. The largest absolute Gasteiger partial charge is 0.481 e. The van der Waals surface area contributed by atoms with E-state index in [0.717, 1.165) is 0 Å². The molecule has 0 spiro atoms. The fourth-order valence-electron chi connectivity index (χ4n) is 2.05. The predicted molar refractivity (Wildman–Crippen MR) is 69.1 cm³/mol. The van der Waals surface area contributed by atoms with Crippen LogP contribution in [0.15, 0.2) is 0 Å². The fraction of sp³-hybridized carbons (Fsp3) is 0.769. The van der Waals surface area contributed by atoms with Gasteiger partial charge in [-0.15, -0.1) is 0 Å². The molecule has 1 aliphatic heterocycles. The first-order valence-corrected chi connectivity index (χ1v) is 6.71. The molecule has 0 aromatic rings. The number of hydrogen-bond donors (Lipinski definition) is 1. The van der Waals surface area contributed by atoms with Crippen molar-refractivity contribution >= 4 is 17.8 Å². The molecule has 0 aliphatic carbocycles. The standard InChI is InChI=1S/C13H21NO6/c1-19-13(18)8-10-9-14(6-7-20-10)11(15)4-2-3-5-12(16)17/h10H,2-9H2,1H3,(H,16,17). The molecule has 0 bridgehead atoms. The van der Waals surface area contributed by atoms with E-state index in [1.807, 2.05) is 0 Å². The summed E-state index contributed by atoms with van der Waals surface area (Å²) in [5, 5.41) is 8.51. The Kier molecular flexibility index (Phi) is 7.00. The quantitative estimate of drug-likeness (QED) is 0.539. The van der Waals surface area contributed by atoms with E-state index in [2.05, 4.69) is 4.74 Å². The van der Waals surface area contributed by atoms with Gasteiger partial charge in [-0.05, 0) is 12.8 Å². The average molecular weight is 287 g/mol. The maximum Gasteiger partial charge on any atom is 0.308 e. The van der Waals surface area contributed by atoms with Crippen molar-refractivity contribution in [1.29, 1.82) is 0 Å². The van der Waals surface area contributed by atoms with Gasteiger partial charge in [-0.1, -0.05) is 0 Å². The van der Waals surface area contributed by atoms with Crippen LogP contribution in [0.25, 0.3) is 0 Å². The van der Waals surface area contributed by atoms with Crippen molar-refractivity contribution < 1.29 is 29.0 Å². The highest BCUT2D eigenvalue weighted by atomic mass is 16.5. The van der Waals surface area contributed by atoms with Crippen molar-refractivity contribution in [2.75, 3.05) is 26.8 Å². The van der Waals surface area contributed by atoms with E-state index in [1.165, 1.54) is 7.11 Å². The van der Waals surface area contributed by atoms with E-state index in [4.69, 9.17) is 9.84 Å². The molecule has 7 heteroatoms. The lowest BCUT2D eigenvalue weighted by Crippen LogP contribution is -2.46. The maximum atomic E-state index is 12.0. The molecule has 20 heavy (non-hydrogen) atoms. The molecule has 1 atom stereocenters. The van der Waals surface area contributed by atoms with E-state index in [9.17, 15) is 14.4 Å². The number of methoxy groups -OCH3 is 1. The van der Waals surface area contributed by atoms with Gasteiger partial charge in [0.2, 0.25) is 5.91 Å². The molecule has 1 amide bonds. The Morgan fingerprint density at radius 1 is 1.30 bits per heavy atom. The Morgan fingerprint density at radius 3 is 2.65 bits per heavy atom. The Hall–Kier alpha value is -1.63. The van der Waals surface area contributed by atoms with Crippen LogP contribution in [-0.2, 0) is 23.9 Å². The molecule has 1 rings (SSSR count). The molecule has 1 saturated heterocycles. The number of esters is 1. The Labute approximate surface area is 117 Å². The highest BCUT2D eigenvalue weighted by molar-refractivity contribution is 5.76. The SMILES string of the molecule is COC(=O)CC1CN(C(=O)CCCCC(=O)O)CCO1. The summed E-state index contributed by atoms with van der Waals surface area (Å²) in [6, 6.07) is 0. The first-order valence-electron chi connectivity index (χ1n) is 6.71. The van der Waals surface area contributed by atoms with E-state index < -0.39 is 5.97 Å². The number of carboxylic acid groups (broad SMARTS) is 1. The Bertz CT molecular complexity index is 357. The molecule has 1 fully saturated rings. The number of rotatable bonds is 7. The molecule has 7 nitrogen and oxygen atoms in total. The molecular weight excluding hydrogens is 266 g/mol. The fourth-order valence-corrected chi connectivity index (χ4v) is 2.05. The van der Waals surface area contributed by atoms with Gasteiger partial charge in [0.05, 0.1) is 26.2 Å². The number of ether oxygens (including phenoxy) is 2. The molecule has 1 aliphatic rings. The highest BCUT2D eigenvalue weighted by Gasteiger charge is 2.25. The lowest BCUT2D eigenvalue weighted by atomic mass is 10.1. The molecule has 1 N–H and O–H groups in total. The Morgan fingerprint density at radius 2 is 2.00 bits per heavy atom. The van der Waals surface area contributed by atoms with Crippen LogP contribution < -0.4 is 0 Å². The third-order valence-electron chi connectivity index (χ3n) is 3.14. The molecule has 114 valence electrons. The average Bonchev–Trinajstić information content (AvgIpc) is 2.43. The lowest BCUT2D eigenvalue weighted by molar-refractivity contribution is -0.150. The molecule has 0 aromatic heterocycles. The summed E-state index contributed by atoms with van der Waals surface area (Å²) in [5.74, 6) is -1.22. The summed E-state index contributed by atoms with van der Waals surface area (Å²) in [4.78, 5) is 35.1.